The number of hydrogen-bond acceptors (Lipinski definition) is 5. The van der Waals surface area contributed by atoms with E-state index >= 15 is 0 Å². The smallest absolute Gasteiger partial charge is 0.355 e. The maximum absolute atomic E-state index is 12.2. The molecule has 2 aromatic rings. The van der Waals surface area contributed by atoms with Crippen LogP contribution in [0, 0.1) is 5.92 Å². The van der Waals surface area contributed by atoms with Gasteiger partial charge in [-0.3, -0.25) is 4.79 Å². The number of carbonyl (C=O) groups excluding carboxylic acids is 1. The van der Waals surface area contributed by atoms with Crippen LogP contribution in [0.15, 0.2) is 29.6 Å². The number of rotatable bonds is 6. The molecule has 2 N–H and O–H groups in total. The molecule has 0 bridgehead atoms. The van der Waals surface area contributed by atoms with Gasteiger partial charge in [0.1, 0.15) is 10.8 Å². The first-order valence-corrected chi connectivity index (χ1v) is 8.06. The maximum atomic E-state index is 12.2. The predicted molar refractivity (Wildman–Crippen MR) is 84.8 cm³/mol. The lowest BCUT2D eigenvalue weighted by molar-refractivity contribution is -0.122. The summed E-state index contributed by atoms with van der Waals surface area (Å²) in [5.41, 5.74) is 1.06. The Morgan fingerprint density at radius 3 is 2.91 bits per heavy atom. The van der Waals surface area contributed by atoms with Crippen LogP contribution >= 0.6 is 11.3 Å². The van der Waals surface area contributed by atoms with Gasteiger partial charge >= 0.3 is 5.97 Å². The molecule has 0 spiro atoms. The van der Waals surface area contributed by atoms with Gasteiger partial charge < -0.3 is 15.2 Å². The van der Waals surface area contributed by atoms with Crippen molar-refractivity contribution in [3.05, 3.63) is 45.9 Å². The summed E-state index contributed by atoms with van der Waals surface area (Å²) in [7, 11) is 1.62. The molecule has 1 aliphatic carbocycles. The number of aromatic carboxylic acids is 1. The molecule has 1 amide bonds. The van der Waals surface area contributed by atoms with Crippen molar-refractivity contribution in [3.8, 4) is 5.75 Å². The number of benzene rings is 1. The molecule has 3 rings (SSSR count). The second-order valence-electron chi connectivity index (χ2n) is 5.34. The van der Waals surface area contributed by atoms with Crippen LogP contribution in [-0.2, 0) is 11.3 Å². The number of carboxylic acids is 1. The monoisotopic (exact) mass is 332 g/mol. The van der Waals surface area contributed by atoms with Gasteiger partial charge in [0.05, 0.1) is 13.7 Å². The lowest BCUT2D eigenvalue weighted by Crippen LogP contribution is -2.24. The fourth-order valence-electron chi connectivity index (χ4n) is 2.59. The largest absolute Gasteiger partial charge is 0.496 e. The number of amides is 1. The summed E-state index contributed by atoms with van der Waals surface area (Å²) in [5, 5.41) is 13.7. The Morgan fingerprint density at radius 1 is 1.43 bits per heavy atom. The molecule has 120 valence electrons. The summed E-state index contributed by atoms with van der Waals surface area (Å²) in [6, 6.07) is 7.72. The molecule has 7 heteroatoms. The molecule has 1 fully saturated rings. The molecule has 1 aromatic carbocycles. The molecule has 1 aromatic heterocycles. The Morgan fingerprint density at radius 2 is 2.22 bits per heavy atom. The van der Waals surface area contributed by atoms with Crippen molar-refractivity contribution < 1.29 is 19.4 Å². The summed E-state index contributed by atoms with van der Waals surface area (Å²) >= 11 is 1.23. The van der Waals surface area contributed by atoms with E-state index in [0.29, 0.717) is 5.01 Å². The van der Waals surface area contributed by atoms with E-state index in [0.717, 1.165) is 17.7 Å². The molecule has 0 radical (unpaired) electrons. The topological polar surface area (TPSA) is 88.5 Å². The minimum atomic E-state index is -1.06. The van der Waals surface area contributed by atoms with Crippen LogP contribution < -0.4 is 10.1 Å². The third kappa shape index (κ3) is 3.34. The van der Waals surface area contributed by atoms with Gasteiger partial charge in [-0.15, -0.1) is 11.3 Å². The molecule has 0 unspecified atom stereocenters. The van der Waals surface area contributed by atoms with Gasteiger partial charge in [-0.05, 0) is 24.0 Å². The van der Waals surface area contributed by atoms with Crippen LogP contribution in [0.5, 0.6) is 5.75 Å². The first-order chi connectivity index (χ1) is 11.1. The van der Waals surface area contributed by atoms with E-state index in [1.165, 1.54) is 16.7 Å². The van der Waals surface area contributed by atoms with Gasteiger partial charge in [-0.25, -0.2) is 9.78 Å². The van der Waals surface area contributed by atoms with E-state index in [-0.39, 0.29) is 30.0 Å². The van der Waals surface area contributed by atoms with Gasteiger partial charge in [0, 0.05) is 11.3 Å². The average molecular weight is 332 g/mol. The van der Waals surface area contributed by atoms with Gasteiger partial charge in [0.2, 0.25) is 5.91 Å². The van der Waals surface area contributed by atoms with Crippen LogP contribution in [0.1, 0.15) is 33.4 Å². The highest BCUT2D eigenvalue weighted by Gasteiger charge is 2.45. The van der Waals surface area contributed by atoms with Crippen molar-refractivity contribution in [2.45, 2.75) is 18.9 Å². The Labute approximate surface area is 137 Å². The average Bonchev–Trinajstić information content (AvgIpc) is 3.21. The molecule has 6 nitrogen and oxygen atoms in total. The number of carboxylic acid groups (broad SMARTS) is 1. The van der Waals surface area contributed by atoms with E-state index in [9.17, 15) is 9.59 Å². The number of nitrogens with one attached hydrogen (secondary N) is 1. The second kappa shape index (κ2) is 6.37. The number of carbonyl (C=O) groups is 2. The van der Waals surface area contributed by atoms with Gasteiger partial charge in [-0.2, -0.15) is 0 Å². The number of para-hydroxylation sites is 1. The number of nitrogens with zero attached hydrogens (tertiary/aromatic N) is 1. The highest BCUT2D eigenvalue weighted by Crippen LogP contribution is 2.50. The van der Waals surface area contributed by atoms with Gasteiger partial charge in [0.15, 0.2) is 5.69 Å². The first-order valence-electron chi connectivity index (χ1n) is 7.18. The SMILES string of the molecule is COc1ccccc1[C@@H]1C[C@@H]1C(=O)NCc1nc(C(=O)O)cs1. The Bertz CT molecular complexity index is 743. The zero-order chi connectivity index (χ0) is 16.4. The number of ether oxygens (including phenoxy) is 1. The van der Waals surface area contributed by atoms with Crippen molar-refractivity contribution in [1.82, 2.24) is 10.3 Å². The first kappa shape index (κ1) is 15.5. The van der Waals surface area contributed by atoms with Crippen molar-refractivity contribution in [3.63, 3.8) is 0 Å². The van der Waals surface area contributed by atoms with E-state index in [1.54, 1.807) is 7.11 Å². The van der Waals surface area contributed by atoms with Crippen molar-refractivity contribution in [2.75, 3.05) is 7.11 Å². The number of hydrogen-bond donors (Lipinski definition) is 2. The Kier molecular flexibility index (Phi) is 4.29. The molecular formula is C16H16N2O4S. The fraction of sp³-hybridized carbons (Fsp3) is 0.312. The molecule has 1 saturated carbocycles. The number of aromatic nitrogens is 1. The van der Waals surface area contributed by atoms with E-state index < -0.39 is 5.97 Å². The van der Waals surface area contributed by atoms with E-state index in [4.69, 9.17) is 9.84 Å². The van der Waals surface area contributed by atoms with E-state index in [2.05, 4.69) is 10.3 Å². The number of thiazole rings is 1. The normalized spacial score (nSPS) is 19.2. The lowest BCUT2D eigenvalue weighted by atomic mass is 10.1. The summed E-state index contributed by atoms with van der Waals surface area (Å²) in [4.78, 5) is 26.9. The summed E-state index contributed by atoms with van der Waals surface area (Å²) in [6.45, 7) is 0.256. The van der Waals surface area contributed by atoms with Crippen LogP contribution in [-0.4, -0.2) is 29.1 Å². The zero-order valence-electron chi connectivity index (χ0n) is 12.5. The third-order valence-electron chi connectivity index (χ3n) is 3.85. The van der Waals surface area contributed by atoms with Gasteiger partial charge in [0.25, 0.3) is 0 Å². The molecular weight excluding hydrogens is 316 g/mol. The van der Waals surface area contributed by atoms with Crippen LogP contribution in [0.2, 0.25) is 0 Å². The molecule has 0 aliphatic heterocycles. The zero-order valence-corrected chi connectivity index (χ0v) is 13.3. The predicted octanol–water partition coefficient (Wildman–Crippen LogP) is 2.27. The third-order valence-corrected chi connectivity index (χ3v) is 4.70. The maximum Gasteiger partial charge on any atom is 0.355 e. The molecule has 0 saturated heterocycles. The van der Waals surface area contributed by atoms with Crippen LogP contribution in [0.25, 0.3) is 0 Å². The van der Waals surface area contributed by atoms with E-state index in [1.807, 2.05) is 24.3 Å². The molecule has 2 atom stereocenters. The molecule has 1 aliphatic rings. The molecule has 1 heterocycles. The fourth-order valence-corrected chi connectivity index (χ4v) is 3.29. The van der Waals surface area contributed by atoms with Crippen molar-refractivity contribution >= 4 is 23.2 Å². The van der Waals surface area contributed by atoms with Crippen molar-refractivity contribution in [2.24, 2.45) is 5.92 Å². The van der Waals surface area contributed by atoms with Gasteiger partial charge in [-0.1, -0.05) is 18.2 Å². The number of methoxy groups -OCH3 is 1. The highest BCUT2D eigenvalue weighted by molar-refractivity contribution is 7.09. The van der Waals surface area contributed by atoms with Crippen molar-refractivity contribution in [1.29, 1.82) is 0 Å². The summed E-state index contributed by atoms with van der Waals surface area (Å²) < 4.78 is 5.33. The Hall–Kier alpha value is -2.41. The molecule has 23 heavy (non-hydrogen) atoms. The standard InChI is InChI=1S/C16H16N2O4S/c1-22-13-5-3-2-4-9(13)10-6-11(10)15(19)17-7-14-18-12(8-23-14)16(20)21/h2-5,8,10-11H,6-7H2,1H3,(H,17,19)(H,20,21)/t10-,11-/m0/s1. The Balaban J connectivity index is 1.57. The highest BCUT2D eigenvalue weighted by atomic mass is 32.1. The van der Waals surface area contributed by atoms with Crippen LogP contribution in [0.3, 0.4) is 0 Å². The van der Waals surface area contributed by atoms with Crippen LogP contribution in [0.4, 0.5) is 0 Å². The minimum Gasteiger partial charge on any atom is -0.496 e. The minimum absolute atomic E-state index is 0.0116. The summed E-state index contributed by atoms with van der Waals surface area (Å²) in [5.74, 6) is -0.175. The lowest BCUT2D eigenvalue weighted by Gasteiger charge is -2.07. The quantitative estimate of drug-likeness (QED) is 0.847. The second-order valence-corrected chi connectivity index (χ2v) is 6.28. The summed E-state index contributed by atoms with van der Waals surface area (Å²) in [6.07, 6.45) is 0.796.